The van der Waals surface area contributed by atoms with Gasteiger partial charge in [0, 0.05) is 0 Å². The van der Waals surface area contributed by atoms with Crippen LogP contribution in [0.15, 0.2) is 0 Å². The van der Waals surface area contributed by atoms with Gasteiger partial charge in [0.2, 0.25) is 0 Å². The van der Waals surface area contributed by atoms with E-state index >= 15 is 0 Å². The van der Waals surface area contributed by atoms with Gasteiger partial charge >= 0.3 is 33.3 Å². The fourth-order valence-corrected chi connectivity index (χ4v) is 2.73. The van der Waals surface area contributed by atoms with Crippen molar-refractivity contribution < 1.29 is 9.90 Å². The van der Waals surface area contributed by atoms with E-state index in [0.717, 1.165) is 25.7 Å². The fraction of sp³-hybridized carbons (Fsp3) is 0.944. The minimum absolute atomic E-state index is 0. The first kappa shape index (κ1) is 23.7. The molecule has 0 heterocycles. The first-order valence-corrected chi connectivity index (χ1v) is 8.95. The van der Waals surface area contributed by atoms with Gasteiger partial charge in [-0.25, -0.2) is 0 Å². The molecule has 1 N–H and O–H groups in total. The van der Waals surface area contributed by atoms with E-state index < -0.39 is 5.97 Å². The molecule has 0 fully saturated rings. The van der Waals surface area contributed by atoms with E-state index in [1.54, 1.807) is 0 Å². The van der Waals surface area contributed by atoms with E-state index in [-0.39, 0.29) is 33.2 Å². The number of rotatable bonds is 15. The SMILES string of the molecule is CCCCCCCCC(CCCCCCCC)C(=O)O.[PbH2]. The summed E-state index contributed by atoms with van der Waals surface area (Å²) >= 11 is 0. The first-order valence-electron chi connectivity index (χ1n) is 8.95. The summed E-state index contributed by atoms with van der Waals surface area (Å²) in [5.41, 5.74) is 0. The van der Waals surface area contributed by atoms with Crippen molar-refractivity contribution >= 4 is 33.3 Å². The number of carboxylic acids is 1. The van der Waals surface area contributed by atoms with Crippen molar-refractivity contribution in [2.24, 2.45) is 5.92 Å². The Hall–Kier alpha value is 0.392. The van der Waals surface area contributed by atoms with Crippen LogP contribution in [0.2, 0.25) is 0 Å². The number of hydrogen-bond donors (Lipinski definition) is 1. The van der Waals surface area contributed by atoms with Crippen molar-refractivity contribution in [1.29, 1.82) is 0 Å². The van der Waals surface area contributed by atoms with Gasteiger partial charge in [-0.15, -0.1) is 0 Å². The van der Waals surface area contributed by atoms with Gasteiger partial charge in [-0.1, -0.05) is 90.9 Å². The van der Waals surface area contributed by atoms with Crippen LogP contribution in [-0.2, 0) is 4.79 Å². The van der Waals surface area contributed by atoms with Crippen LogP contribution in [0.4, 0.5) is 0 Å². The van der Waals surface area contributed by atoms with E-state index in [1.165, 1.54) is 64.2 Å². The maximum absolute atomic E-state index is 11.2. The van der Waals surface area contributed by atoms with Crippen LogP contribution in [0.5, 0.6) is 0 Å². The third kappa shape index (κ3) is 16.6. The summed E-state index contributed by atoms with van der Waals surface area (Å²) in [6, 6.07) is 0. The predicted molar refractivity (Wildman–Crippen MR) is 95.7 cm³/mol. The van der Waals surface area contributed by atoms with Gasteiger partial charge in [-0.2, -0.15) is 0 Å². The molecule has 0 unspecified atom stereocenters. The van der Waals surface area contributed by atoms with Crippen LogP contribution in [-0.4, -0.2) is 38.4 Å². The maximum atomic E-state index is 11.2. The zero-order chi connectivity index (χ0) is 15.1. The van der Waals surface area contributed by atoms with Crippen molar-refractivity contribution in [3.05, 3.63) is 0 Å². The molecule has 3 heteroatoms. The molecule has 0 atom stereocenters. The molecule has 21 heavy (non-hydrogen) atoms. The molecule has 0 amide bonds. The Labute approximate surface area is 152 Å². The summed E-state index contributed by atoms with van der Waals surface area (Å²) in [5.74, 6) is -0.667. The third-order valence-corrected chi connectivity index (χ3v) is 4.16. The second-order valence-corrected chi connectivity index (χ2v) is 6.15. The topological polar surface area (TPSA) is 37.3 Å². The summed E-state index contributed by atoms with van der Waals surface area (Å²) in [5, 5.41) is 9.25. The van der Waals surface area contributed by atoms with E-state index in [1.807, 2.05) is 0 Å². The Kier molecular flexibility index (Phi) is 20.8. The van der Waals surface area contributed by atoms with Gasteiger partial charge in [0.1, 0.15) is 0 Å². The third-order valence-electron chi connectivity index (χ3n) is 4.16. The molecule has 0 aromatic rings. The molecule has 0 aliphatic rings. The fourth-order valence-electron chi connectivity index (χ4n) is 2.73. The van der Waals surface area contributed by atoms with Crippen molar-refractivity contribution in [3.8, 4) is 0 Å². The molecule has 0 aromatic carbocycles. The summed E-state index contributed by atoms with van der Waals surface area (Å²) in [6.45, 7) is 4.45. The molecule has 0 spiro atoms. The molecule has 2 radical (unpaired) electrons. The molecular formula is C18H38O2Pb. The van der Waals surface area contributed by atoms with Gasteiger partial charge in [-0.05, 0) is 12.8 Å². The van der Waals surface area contributed by atoms with Crippen LogP contribution < -0.4 is 0 Å². The quantitative estimate of drug-likeness (QED) is 0.249. The summed E-state index contributed by atoms with van der Waals surface area (Å²) in [7, 11) is 0. The first-order chi connectivity index (χ1) is 9.72. The van der Waals surface area contributed by atoms with Crippen LogP contribution >= 0.6 is 0 Å². The molecule has 0 bridgehead atoms. The standard InChI is InChI=1S/C18H36O2.Pb.2H/c1-3-5-7-9-11-13-15-17(18(19)20)16-14-12-10-8-6-4-2;;;/h17H,3-16H2,1-2H3,(H,19,20);;;. The van der Waals surface area contributed by atoms with Crippen molar-refractivity contribution in [2.45, 2.75) is 104 Å². The van der Waals surface area contributed by atoms with E-state index in [4.69, 9.17) is 0 Å². The number of unbranched alkanes of at least 4 members (excludes halogenated alkanes) is 10. The molecule has 126 valence electrons. The molecule has 0 aliphatic heterocycles. The zero-order valence-corrected chi connectivity index (χ0v) is 20.0. The van der Waals surface area contributed by atoms with Gasteiger partial charge in [0.15, 0.2) is 0 Å². The van der Waals surface area contributed by atoms with Crippen molar-refractivity contribution in [1.82, 2.24) is 0 Å². The molecule has 0 saturated carbocycles. The van der Waals surface area contributed by atoms with Crippen LogP contribution in [0.25, 0.3) is 0 Å². The molecular weight excluding hydrogens is 455 g/mol. The average molecular weight is 494 g/mol. The van der Waals surface area contributed by atoms with E-state index in [0.29, 0.717) is 0 Å². The number of hydrogen-bond acceptors (Lipinski definition) is 1. The minimum atomic E-state index is -0.577. The Morgan fingerprint density at radius 3 is 1.38 bits per heavy atom. The zero-order valence-electron chi connectivity index (χ0n) is 14.5. The Bertz CT molecular complexity index is 203. The number of aliphatic carboxylic acids is 1. The Balaban J connectivity index is 0. The van der Waals surface area contributed by atoms with E-state index in [9.17, 15) is 9.90 Å². The van der Waals surface area contributed by atoms with Crippen LogP contribution in [0.1, 0.15) is 104 Å². The van der Waals surface area contributed by atoms with E-state index in [2.05, 4.69) is 13.8 Å². The number of carboxylic acid groups (broad SMARTS) is 1. The van der Waals surface area contributed by atoms with Gasteiger partial charge in [0.05, 0.1) is 5.92 Å². The normalized spacial score (nSPS) is 10.6. The second kappa shape index (κ2) is 18.4. The summed E-state index contributed by atoms with van der Waals surface area (Å²) in [6.07, 6.45) is 16.7. The predicted octanol–water partition coefficient (Wildman–Crippen LogP) is 5.27. The molecule has 0 saturated heterocycles. The number of carbonyl (C=O) groups is 1. The summed E-state index contributed by atoms with van der Waals surface area (Å²) < 4.78 is 0. The Morgan fingerprint density at radius 1 is 0.714 bits per heavy atom. The monoisotopic (exact) mass is 494 g/mol. The molecule has 0 aliphatic carbocycles. The van der Waals surface area contributed by atoms with Crippen LogP contribution in [0, 0.1) is 5.92 Å². The van der Waals surface area contributed by atoms with Gasteiger partial charge < -0.3 is 5.11 Å². The summed E-state index contributed by atoms with van der Waals surface area (Å²) in [4.78, 5) is 11.2. The van der Waals surface area contributed by atoms with Crippen molar-refractivity contribution in [2.75, 3.05) is 0 Å². The Morgan fingerprint density at radius 2 is 1.05 bits per heavy atom. The average Bonchev–Trinajstić information content (AvgIpc) is 2.43. The molecule has 2 nitrogen and oxygen atoms in total. The van der Waals surface area contributed by atoms with Gasteiger partial charge in [-0.3, -0.25) is 4.79 Å². The van der Waals surface area contributed by atoms with Crippen LogP contribution in [0.3, 0.4) is 0 Å². The van der Waals surface area contributed by atoms with Crippen molar-refractivity contribution in [3.63, 3.8) is 0 Å². The van der Waals surface area contributed by atoms with Gasteiger partial charge in [0.25, 0.3) is 0 Å². The molecule has 0 aromatic heterocycles. The molecule has 0 rings (SSSR count). The second-order valence-electron chi connectivity index (χ2n) is 6.15.